The van der Waals surface area contributed by atoms with E-state index in [1.165, 1.54) is 0 Å². The van der Waals surface area contributed by atoms with Crippen molar-refractivity contribution in [3.8, 4) is 0 Å². The molecule has 16 heavy (non-hydrogen) atoms. The summed E-state index contributed by atoms with van der Waals surface area (Å²) >= 11 is 0. The van der Waals surface area contributed by atoms with E-state index in [1.54, 1.807) is 4.90 Å². The van der Waals surface area contributed by atoms with E-state index < -0.39 is 15.6 Å². The first-order valence-corrected chi connectivity index (χ1v) is 7.17. The maximum atomic E-state index is 11.6. The molecule has 1 amide bonds. The maximum Gasteiger partial charge on any atom is 0.237 e. The monoisotopic (exact) mass is 250 g/mol. The lowest BCUT2D eigenvalue weighted by Gasteiger charge is -2.27. The Morgan fingerprint density at radius 3 is 2.50 bits per heavy atom. The van der Waals surface area contributed by atoms with Crippen LogP contribution in [-0.2, 0) is 14.6 Å². The molecule has 2 N–H and O–H groups in total. The number of aliphatic hydroxyl groups is 1. The summed E-state index contributed by atoms with van der Waals surface area (Å²) in [5, 5.41) is 11.6. The van der Waals surface area contributed by atoms with Crippen LogP contribution in [0.2, 0.25) is 0 Å². The summed E-state index contributed by atoms with van der Waals surface area (Å²) in [6, 6.07) is 0. The first-order chi connectivity index (χ1) is 7.55. The van der Waals surface area contributed by atoms with E-state index in [-0.39, 0.29) is 24.7 Å². The molecule has 1 aliphatic rings. The molecule has 0 spiro atoms. The number of nitrogens with one attached hydrogen (secondary N) is 1. The van der Waals surface area contributed by atoms with Crippen molar-refractivity contribution in [2.75, 3.05) is 44.3 Å². The van der Waals surface area contributed by atoms with Gasteiger partial charge in [0.25, 0.3) is 0 Å². The lowest BCUT2D eigenvalue weighted by atomic mass is 10.3. The zero-order valence-corrected chi connectivity index (χ0v) is 10.0. The van der Waals surface area contributed by atoms with Crippen LogP contribution in [-0.4, -0.2) is 68.6 Å². The standard InChI is InChI=1S/C9H18N2O4S/c12-6-1-7-16(14,15)8-9(13)11-4-2-10-3-5-11/h10,12H,1-8H2. The Hall–Kier alpha value is -0.660. The molecule has 1 fully saturated rings. The van der Waals surface area contributed by atoms with E-state index >= 15 is 0 Å². The predicted octanol–water partition coefficient (Wildman–Crippen LogP) is -1.78. The van der Waals surface area contributed by atoms with E-state index in [0.717, 1.165) is 0 Å². The fourth-order valence-electron chi connectivity index (χ4n) is 1.55. The molecule has 1 saturated heterocycles. The first-order valence-electron chi connectivity index (χ1n) is 5.35. The van der Waals surface area contributed by atoms with E-state index in [9.17, 15) is 13.2 Å². The number of rotatable bonds is 5. The normalized spacial score (nSPS) is 17.4. The van der Waals surface area contributed by atoms with Crippen LogP contribution in [0.4, 0.5) is 0 Å². The van der Waals surface area contributed by atoms with E-state index in [0.29, 0.717) is 26.2 Å². The van der Waals surface area contributed by atoms with Crippen molar-refractivity contribution < 1.29 is 18.3 Å². The van der Waals surface area contributed by atoms with E-state index in [1.807, 2.05) is 0 Å². The van der Waals surface area contributed by atoms with Crippen molar-refractivity contribution in [3.63, 3.8) is 0 Å². The number of carbonyl (C=O) groups excluding carboxylic acids is 1. The van der Waals surface area contributed by atoms with Gasteiger partial charge in [-0.2, -0.15) is 0 Å². The molecule has 1 aliphatic heterocycles. The molecule has 0 bridgehead atoms. The number of carbonyl (C=O) groups is 1. The second-order valence-electron chi connectivity index (χ2n) is 3.80. The topological polar surface area (TPSA) is 86.7 Å². The second-order valence-corrected chi connectivity index (χ2v) is 5.98. The number of hydrogen-bond acceptors (Lipinski definition) is 5. The molecule has 0 aromatic carbocycles. The number of nitrogens with zero attached hydrogens (tertiary/aromatic N) is 1. The van der Waals surface area contributed by atoms with Crippen molar-refractivity contribution in [2.24, 2.45) is 0 Å². The Kier molecular flexibility index (Phi) is 5.17. The summed E-state index contributed by atoms with van der Waals surface area (Å²) in [5.74, 6) is -0.895. The van der Waals surface area contributed by atoms with E-state index in [2.05, 4.69) is 5.32 Å². The van der Waals surface area contributed by atoms with Crippen LogP contribution in [0.1, 0.15) is 6.42 Å². The summed E-state index contributed by atoms with van der Waals surface area (Å²) in [5.41, 5.74) is 0. The van der Waals surface area contributed by atoms with E-state index in [4.69, 9.17) is 5.11 Å². The van der Waals surface area contributed by atoms with Crippen molar-refractivity contribution >= 4 is 15.7 Å². The minimum absolute atomic E-state index is 0.124. The highest BCUT2D eigenvalue weighted by Crippen LogP contribution is 2.00. The van der Waals surface area contributed by atoms with Gasteiger partial charge in [0, 0.05) is 32.8 Å². The van der Waals surface area contributed by atoms with Crippen LogP contribution in [0, 0.1) is 0 Å². The Labute approximate surface area is 95.5 Å². The highest BCUT2D eigenvalue weighted by Gasteiger charge is 2.22. The van der Waals surface area contributed by atoms with Gasteiger partial charge in [-0.3, -0.25) is 4.79 Å². The summed E-state index contributed by atoms with van der Waals surface area (Å²) < 4.78 is 22.9. The van der Waals surface area contributed by atoms with Crippen molar-refractivity contribution in [1.82, 2.24) is 10.2 Å². The number of aliphatic hydroxyl groups excluding tert-OH is 1. The third-order valence-corrected chi connectivity index (χ3v) is 4.02. The summed E-state index contributed by atoms with van der Waals surface area (Å²) in [4.78, 5) is 13.2. The fraction of sp³-hybridized carbons (Fsp3) is 0.889. The van der Waals surface area contributed by atoms with Gasteiger partial charge in [0.05, 0.1) is 5.75 Å². The van der Waals surface area contributed by atoms with Crippen molar-refractivity contribution in [2.45, 2.75) is 6.42 Å². The quantitative estimate of drug-likeness (QED) is 0.602. The van der Waals surface area contributed by atoms with Crippen molar-refractivity contribution in [1.29, 1.82) is 0 Å². The molecule has 94 valence electrons. The molecule has 0 radical (unpaired) electrons. The molecular formula is C9H18N2O4S. The Balaban J connectivity index is 2.43. The van der Waals surface area contributed by atoms with Gasteiger partial charge in [0.1, 0.15) is 5.75 Å². The maximum absolute atomic E-state index is 11.6. The largest absolute Gasteiger partial charge is 0.396 e. The van der Waals surface area contributed by atoms with Crippen LogP contribution in [0.25, 0.3) is 0 Å². The van der Waals surface area contributed by atoms with Crippen LogP contribution >= 0.6 is 0 Å². The fourth-order valence-corrected chi connectivity index (χ4v) is 2.82. The number of hydrogen-bond donors (Lipinski definition) is 2. The van der Waals surface area contributed by atoms with Gasteiger partial charge in [-0.25, -0.2) is 8.42 Å². The van der Waals surface area contributed by atoms with Gasteiger partial charge >= 0.3 is 0 Å². The summed E-state index contributed by atoms with van der Waals surface area (Å²) in [6.45, 7) is 2.38. The van der Waals surface area contributed by atoms with Gasteiger partial charge in [-0.1, -0.05) is 0 Å². The molecule has 0 atom stereocenters. The highest BCUT2D eigenvalue weighted by atomic mass is 32.2. The molecule has 1 rings (SSSR count). The van der Waals surface area contributed by atoms with Crippen LogP contribution in [0.5, 0.6) is 0 Å². The number of sulfone groups is 1. The minimum Gasteiger partial charge on any atom is -0.396 e. The van der Waals surface area contributed by atoms with Gasteiger partial charge < -0.3 is 15.3 Å². The average molecular weight is 250 g/mol. The lowest BCUT2D eigenvalue weighted by Crippen LogP contribution is -2.48. The predicted molar refractivity (Wildman–Crippen MR) is 59.8 cm³/mol. The van der Waals surface area contributed by atoms with Crippen LogP contribution in [0.3, 0.4) is 0 Å². The zero-order valence-electron chi connectivity index (χ0n) is 9.18. The molecule has 6 nitrogen and oxygen atoms in total. The molecule has 0 aliphatic carbocycles. The lowest BCUT2D eigenvalue weighted by molar-refractivity contribution is -0.128. The van der Waals surface area contributed by atoms with Gasteiger partial charge in [0.2, 0.25) is 5.91 Å². The molecule has 0 aromatic rings. The van der Waals surface area contributed by atoms with Gasteiger partial charge in [-0.05, 0) is 6.42 Å². The highest BCUT2D eigenvalue weighted by molar-refractivity contribution is 7.92. The summed E-state index contributed by atoms with van der Waals surface area (Å²) in [6.07, 6.45) is 0.192. The zero-order chi connectivity index (χ0) is 12.0. The Bertz CT molecular complexity index is 322. The molecular weight excluding hydrogens is 232 g/mol. The second kappa shape index (κ2) is 6.17. The smallest absolute Gasteiger partial charge is 0.237 e. The summed E-state index contributed by atoms with van der Waals surface area (Å²) in [7, 11) is -3.36. The Morgan fingerprint density at radius 2 is 1.94 bits per heavy atom. The Morgan fingerprint density at radius 1 is 1.31 bits per heavy atom. The van der Waals surface area contributed by atoms with Crippen molar-refractivity contribution in [3.05, 3.63) is 0 Å². The number of piperazine rings is 1. The van der Waals surface area contributed by atoms with Crippen LogP contribution in [0.15, 0.2) is 0 Å². The third kappa shape index (κ3) is 4.46. The van der Waals surface area contributed by atoms with Gasteiger partial charge in [-0.15, -0.1) is 0 Å². The molecule has 0 unspecified atom stereocenters. The average Bonchev–Trinajstić information content (AvgIpc) is 2.27. The first kappa shape index (κ1) is 13.4. The minimum atomic E-state index is -3.36. The molecule has 0 saturated carbocycles. The molecule has 0 aromatic heterocycles. The molecule has 7 heteroatoms. The van der Waals surface area contributed by atoms with Gasteiger partial charge in [0.15, 0.2) is 9.84 Å². The third-order valence-electron chi connectivity index (χ3n) is 2.43. The SMILES string of the molecule is O=C(CS(=O)(=O)CCCO)N1CCNCC1. The number of amides is 1. The molecule has 1 heterocycles. The van der Waals surface area contributed by atoms with Crippen LogP contribution < -0.4 is 5.32 Å².